The van der Waals surface area contributed by atoms with Crippen molar-refractivity contribution in [1.29, 1.82) is 0 Å². The van der Waals surface area contributed by atoms with Crippen molar-refractivity contribution in [3.63, 3.8) is 0 Å². The molecule has 0 fully saturated rings. The lowest BCUT2D eigenvalue weighted by Gasteiger charge is -2.18. The molecule has 1 atom stereocenters. The molecule has 0 saturated heterocycles. The minimum Gasteiger partial charge on any atom is -0.462 e. The van der Waals surface area contributed by atoms with Gasteiger partial charge in [0.2, 0.25) is 0 Å². The van der Waals surface area contributed by atoms with Crippen LogP contribution in [0.4, 0.5) is 0 Å². The minimum absolute atomic E-state index is 0.0725. The van der Waals surface area contributed by atoms with Gasteiger partial charge in [-0.2, -0.15) is 0 Å². The molecule has 0 amide bonds. The summed E-state index contributed by atoms with van der Waals surface area (Å²) >= 11 is 0. The average Bonchev–Trinajstić information content (AvgIpc) is 3.34. The maximum atomic E-state index is 12.8. The van der Waals surface area contributed by atoms with Gasteiger partial charge in [0.25, 0.3) is 0 Å². The van der Waals surface area contributed by atoms with Gasteiger partial charge in [-0.25, -0.2) is 0 Å². The molecule has 0 aromatic carbocycles. The highest BCUT2D eigenvalue weighted by Crippen LogP contribution is 2.18. The highest BCUT2D eigenvalue weighted by molar-refractivity contribution is 5.71. The van der Waals surface area contributed by atoms with E-state index in [0.29, 0.717) is 19.3 Å². The summed E-state index contributed by atoms with van der Waals surface area (Å²) in [4.78, 5) is 37.9. The summed E-state index contributed by atoms with van der Waals surface area (Å²) in [6, 6.07) is 0. The molecule has 0 aromatic heterocycles. The third kappa shape index (κ3) is 54.6. The molecule has 0 aliphatic heterocycles. The molecule has 0 N–H and O–H groups in total. The fraction of sp³-hybridized carbons (Fsp3) is 0.855. The summed E-state index contributed by atoms with van der Waals surface area (Å²) in [5.41, 5.74) is 0. The molecular weight excluding hydrogens is 841 g/mol. The summed E-state index contributed by atoms with van der Waals surface area (Å²) in [6.45, 7) is 6.51. The van der Waals surface area contributed by atoms with Crippen LogP contribution in [0.1, 0.15) is 323 Å². The van der Waals surface area contributed by atoms with Crippen molar-refractivity contribution in [2.45, 2.75) is 329 Å². The van der Waals surface area contributed by atoms with Crippen LogP contribution in [0.3, 0.4) is 0 Å². The Morgan fingerprint density at radius 2 is 0.574 bits per heavy atom. The van der Waals surface area contributed by atoms with Crippen molar-refractivity contribution in [3.8, 4) is 0 Å². The van der Waals surface area contributed by atoms with Gasteiger partial charge in [-0.1, -0.05) is 288 Å². The van der Waals surface area contributed by atoms with Gasteiger partial charge in [0, 0.05) is 19.3 Å². The zero-order valence-corrected chi connectivity index (χ0v) is 45.6. The maximum absolute atomic E-state index is 12.8. The number of carbonyl (C=O) groups excluding carboxylic acids is 3. The molecule has 0 saturated carbocycles. The van der Waals surface area contributed by atoms with E-state index in [4.69, 9.17) is 14.2 Å². The van der Waals surface area contributed by atoms with E-state index in [9.17, 15) is 14.4 Å². The Balaban J connectivity index is 4.02. The molecule has 398 valence electrons. The smallest absolute Gasteiger partial charge is 0.306 e. The van der Waals surface area contributed by atoms with Gasteiger partial charge in [0.1, 0.15) is 13.2 Å². The largest absolute Gasteiger partial charge is 0.462 e. The first-order chi connectivity index (χ1) is 33.5. The van der Waals surface area contributed by atoms with Crippen LogP contribution in [0, 0.1) is 0 Å². The molecule has 6 heteroatoms. The Bertz CT molecular complexity index is 1140. The van der Waals surface area contributed by atoms with Crippen LogP contribution in [-0.2, 0) is 28.6 Å². The van der Waals surface area contributed by atoms with Crippen molar-refractivity contribution in [3.05, 3.63) is 36.5 Å². The molecule has 0 aromatic rings. The monoisotopic (exact) mass is 955 g/mol. The van der Waals surface area contributed by atoms with Gasteiger partial charge in [-0.15, -0.1) is 0 Å². The number of allylic oxidation sites excluding steroid dienone is 6. The third-order valence-electron chi connectivity index (χ3n) is 13.4. The normalized spacial score (nSPS) is 12.2. The minimum atomic E-state index is -0.772. The predicted octanol–water partition coefficient (Wildman–Crippen LogP) is 20.0. The van der Waals surface area contributed by atoms with Crippen molar-refractivity contribution in [2.24, 2.45) is 0 Å². The van der Waals surface area contributed by atoms with E-state index >= 15 is 0 Å². The van der Waals surface area contributed by atoms with Gasteiger partial charge >= 0.3 is 17.9 Å². The Morgan fingerprint density at radius 3 is 0.897 bits per heavy atom. The molecule has 68 heavy (non-hydrogen) atoms. The SMILES string of the molecule is CC/C=C\C/C=C\C/C=C\CCCCCCCCCC(=O)OC(COC(=O)CCCCCCCC)COC(=O)CCCCCCCCCCCCCCCCCCCCCCCCCCCCC. The number of carbonyl (C=O) groups is 3. The summed E-state index contributed by atoms with van der Waals surface area (Å²) in [5, 5.41) is 0. The molecule has 0 rings (SSSR count). The lowest BCUT2D eigenvalue weighted by atomic mass is 10.0. The second-order valence-electron chi connectivity index (χ2n) is 20.2. The predicted molar refractivity (Wildman–Crippen MR) is 293 cm³/mol. The van der Waals surface area contributed by atoms with Gasteiger partial charge in [-0.05, 0) is 51.4 Å². The number of hydrogen-bond donors (Lipinski definition) is 0. The van der Waals surface area contributed by atoms with Crippen molar-refractivity contribution < 1.29 is 28.6 Å². The third-order valence-corrected chi connectivity index (χ3v) is 13.4. The van der Waals surface area contributed by atoms with Crippen LogP contribution in [0.2, 0.25) is 0 Å². The van der Waals surface area contributed by atoms with E-state index in [1.165, 1.54) is 199 Å². The first kappa shape index (κ1) is 65.6. The van der Waals surface area contributed by atoms with Crippen LogP contribution in [0.15, 0.2) is 36.5 Å². The quantitative estimate of drug-likeness (QED) is 0.0262. The fourth-order valence-corrected chi connectivity index (χ4v) is 8.93. The van der Waals surface area contributed by atoms with E-state index in [2.05, 4.69) is 57.2 Å². The number of esters is 3. The Hall–Kier alpha value is -2.37. The lowest BCUT2D eigenvalue weighted by molar-refractivity contribution is -0.167. The van der Waals surface area contributed by atoms with E-state index in [-0.39, 0.29) is 31.1 Å². The topological polar surface area (TPSA) is 78.9 Å². The first-order valence-electron chi connectivity index (χ1n) is 30.0. The van der Waals surface area contributed by atoms with Crippen LogP contribution >= 0.6 is 0 Å². The average molecular weight is 956 g/mol. The Kier molecular flexibility index (Phi) is 55.2. The summed E-state index contributed by atoms with van der Waals surface area (Å²) < 4.78 is 16.8. The summed E-state index contributed by atoms with van der Waals surface area (Å²) in [6.07, 6.45) is 69.1. The molecule has 0 bridgehead atoms. The molecule has 1 unspecified atom stereocenters. The standard InChI is InChI=1S/C62H114O6/c1-4-7-10-13-16-18-20-22-24-26-27-28-29-30-31-32-33-34-35-37-38-40-42-44-46-49-52-55-61(64)67-58-59(57-66-60(63)54-51-48-15-12-9-6-3)68-62(65)56-53-50-47-45-43-41-39-36-25-23-21-19-17-14-11-8-5-2/h8,11,17,19,23,25,59H,4-7,9-10,12-16,18,20-22,24,26-58H2,1-3H3/b11-8-,19-17-,25-23-. The molecule has 0 radical (unpaired) electrons. The van der Waals surface area contributed by atoms with Gasteiger partial charge in [-0.3, -0.25) is 14.4 Å². The molecule has 0 aliphatic rings. The number of ether oxygens (including phenoxy) is 3. The van der Waals surface area contributed by atoms with Crippen LogP contribution in [-0.4, -0.2) is 37.2 Å². The Labute approximate surface area is 423 Å². The second-order valence-corrected chi connectivity index (χ2v) is 20.2. The maximum Gasteiger partial charge on any atom is 0.306 e. The summed E-state index contributed by atoms with van der Waals surface area (Å²) in [7, 11) is 0. The van der Waals surface area contributed by atoms with E-state index in [1.54, 1.807) is 0 Å². The van der Waals surface area contributed by atoms with Crippen molar-refractivity contribution in [1.82, 2.24) is 0 Å². The van der Waals surface area contributed by atoms with E-state index in [0.717, 1.165) is 83.5 Å². The van der Waals surface area contributed by atoms with Crippen LogP contribution < -0.4 is 0 Å². The van der Waals surface area contributed by atoms with Crippen molar-refractivity contribution >= 4 is 17.9 Å². The van der Waals surface area contributed by atoms with Crippen LogP contribution in [0.25, 0.3) is 0 Å². The Morgan fingerprint density at radius 1 is 0.309 bits per heavy atom. The zero-order valence-electron chi connectivity index (χ0n) is 45.6. The number of rotatable bonds is 55. The van der Waals surface area contributed by atoms with Crippen LogP contribution in [0.5, 0.6) is 0 Å². The van der Waals surface area contributed by atoms with Gasteiger partial charge in [0.15, 0.2) is 6.10 Å². The first-order valence-corrected chi connectivity index (χ1v) is 30.0. The molecule has 0 heterocycles. The highest BCUT2D eigenvalue weighted by Gasteiger charge is 2.19. The van der Waals surface area contributed by atoms with Gasteiger partial charge in [0.05, 0.1) is 0 Å². The molecule has 0 spiro atoms. The molecule has 6 nitrogen and oxygen atoms in total. The van der Waals surface area contributed by atoms with E-state index < -0.39 is 6.10 Å². The number of unbranched alkanes of at least 4 members (excludes halogenated alkanes) is 38. The summed E-state index contributed by atoms with van der Waals surface area (Å²) in [5.74, 6) is -0.876. The highest BCUT2D eigenvalue weighted by atomic mass is 16.6. The fourth-order valence-electron chi connectivity index (χ4n) is 8.93. The second kappa shape index (κ2) is 57.2. The van der Waals surface area contributed by atoms with Gasteiger partial charge < -0.3 is 14.2 Å². The lowest BCUT2D eigenvalue weighted by Crippen LogP contribution is -2.30. The molecule has 0 aliphatic carbocycles. The number of hydrogen-bond acceptors (Lipinski definition) is 6. The van der Waals surface area contributed by atoms with Crippen molar-refractivity contribution in [2.75, 3.05) is 13.2 Å². The molecular formula is C62H114O6. The zero-order chi connectivity index (χ0) is 49.3. The van der Waals surface area contributed by atoms with E-state index in [1.807, 2.05) is 0 Å².